The number of rotatable bonds is 3. The molecule has 2 aliphatic heterocycles. The van der Waals surface area contributed by atoms with Gasteiger partial charge >= 0.3 is 0 Å². The molecule has 8 heteroatoms. The molecule has 1 amide bonds. The highest BCUT2D eigenvalue weighted by molar-refractivity contribution is 14.0. The van der Waals surface area contributed by atoms with Crippen molar-refractivity contribution in [3.05, 3.63) is 53.6 Å². The molecule has 0 unspecified atom stereocenters. The summed E-state index contributed by atoms with van der Waals surface area (Å²) in [5.74, 6) is 2.05. The first-order valence-corrected chi connectivity index (χ1v) is 9.95. The molecule has 0 fully saturated rings. The fourth-order valence-corrected chi connectivity index (χ4v) is 3.54. The highest BCUT2D eigenvalue weighted by Gasteiger charge is 2.20. The first-order chi connectivity index (χ1) is 14.2. The minimum atomic E-state index is 0. The number of nitrogens with one attached hydrogen (secondary N) is 2. The summed E-state index contributed by atoms with van der Waals surface area (Å²) in [6, 6.07) is 14.0. The van der Waals surface area contributed by atoms with Gasteiger partial charge in [0, 0.05) is 38.3 Å². The van der Waals surface area contributed by atoms with E-state index in [0.29, 0.717) is 31.5 Å². The number of aliphatic imine (C=N–C) groups is 1. The zero-order valence-electron chi connectivity index (χ0n) is 17.0. The van der Waals surface area contributed by atoms with Crippen molar-refractivity contribution in [3.63, 3.8) is 0 Å². The Balaban J connectivity index is 0.00000256. The number of amides is 1. The predicted octanol–water partition coefficient (Wildman–Crippen LogP) is 3.04. The standard InChI is InChI=1S/C22H26N4O3.HI/c1-23-22(25-18-7-8-19-20(13-18)29-12-4-11-28-19)24-14-21(27)26-10-9-16-5-2-3-6-17(16)15-26;/h2-3,5-8,13H,4,9-12,14-15H2,1H3,(H2,23,24,25);1H. The number of anilines is 1. The van der Waals surface area contributed by atoms with Gasteiger partial charge in [-0.15, -0.1) is 24.0 Å². The van der Waals surface area contributed by atoms with E-state index in [-0.39, 0.29) is 36.4 Å². The number of nitrogens with zero attached hydrogens (tertiary/aromatic N) is 2. The molecule has 0 atom stereocenters. The molecule has 2 N–H and O–H groups in total. The van der Waals surface area contributed by atoms with Crippen molar-refractivity contribution < 1.29 is 14.3 Å². The van der Waals surface area contributed by atoms with Crippen LogP contribution in [0.25, 0.3) is 0 Å². The van der Waals surface area contributed by atoms with Gasteiger partial charge in [0.2, 0.25) is 5.91 Å². The lowest BCUT2D eigenvalue weighted by atomic mass is 10.00. The van der Waals surface area contributed by atoms with E-state index in [1.165, 1.54) is 11.1 Å². The van der Waals surface area contributed by atoms with Crippen molar-refractivity contribution in [2.75, 3.05) is 38.7 Å². The van der Waals surface area contributed by atoms with Gasteiger partial charge < -0.3 is 25.0 Å². The van der Waals surface area contributed by atoms with Crippen molar-refractivity contribution in [1.82, 2.24) is 10.2 Å². The molecule has 2 aliphatic rings. The Labute approximate surface area is 193 Å². The Kier molecular flexibility index (Phi) is 7.78. The van der Waals surface area contributed by atoms with Gasteiger partial charge in [-0.2, -0.15) is 0 Å². The van der Waals surface area contributed by atoms with Crippen LogP contribution in [0.5, 0.6) is 11.5 Å². The molecule has 4 rings (SSSR count). The fourth-order valence-electron chi connectivity index (χ4n) is 3.54. The summed E-state index contributed by atoms with van der Waals surface area (Å²) in [7, 11) is 1.68. The van der Waals surface area contributed by atoms with Crippen LogP contribution in [0.1, 0.15) is 17.5 Å². The average molecular weight is 522 g/mol. The molecule has 30 heavy (non-hydrogen) atoms. The Hall–Kier alpha value is -2.49. The molecule has 0 aliphatic carbocycles. The third kappa shape index (κ3) is 5.35. The number of guanidine groups is 1. The summed E-state index contributed by atoms with van der Waals surface area (Å²) in [4.78, 5) is 18.8. The molecule has 0 spiro atoms. The van der Waals surface area contributed by atoms with Crippen molar-refractivity contribution in [2.45, 2.75) is 19.4 Å². The highest BCUT2D eigenvalue weighted by Crippen LogP contribution is 2.32. The number of benzene rings is 2. The number of ether oxygens (including phenoxy) is 2. The second kappa shape index (κ2) is 10.5. The average Bonchev–Trinajstić information content (AvgIpc) is 3.01. The quantitative estimate of drug-likeness (QED) is 0.369. The fraction of sp³-hybridized carbons (Fsp3) is 0.364. The van der Waals surface area contributed by atoms with Crippen LogP contribution in [0, 0.1) is 0 Å². The van der Waals surface area contributed by atoms with E-state index in [0.717, 1.165) is 30.8 Å². The van der Waals surface area contributed by atoms with Gasteiger partial charge in [-0.05, 0) is 29.7 Å². The summed E-state index contributed by atoms with van der Waals surface area (Å²) in [6.07, 6.45) is 1.76. The molecule has 0 saturated heterocycles. The molecule has 0 saturated carbocycles. The summed E-state index contributed by atoms with van der Waals surface area (Å²) >= 11 is 0. The number of hydrogen-bond acceptors (Lipinski definition) is 4. The molecule has 2 aromatic rings. The number of hydrogen-bond donors (Lipinski definition) is 2. The van der Waals surface area contributed by atoms with Crippen LogP contribution < -0.4 is 20.1 Å². The van der Waals surface area contributed by atoms with Crippen LogP contribution in [0.15, 0.2) is 47.5 Å². The number of carbonyl (C=O) groups excluding carboxylic acids is 1. The van der Waals surface area contributed by atoms with Crippen molar-refractivity contribution in [2.24, 2.45) is 4.99 Å². The molecule has 2 aromatic carbocycles. The molecule has 0 radical (unpaired) electrons. The molecule has 160 valence electrons. The van der Waals surface area contributed by atoms with Crippen molar-refractivity contribution in [3.8, 4) is 11.5 Å². The van der Waals surface area contributed by atoms with Crippen LogP contribution in [-0.2, 0) is 17.8 Å². The highest BCUT2D eigenvalue weighted by atomic mass is 127. The number of carbonyl (C=O) groups is 1. The summed E-state index contributed by atoms with van der Waals surface area (Å²) < 4.78 is 11.4. The van der Waals surface area contributed by atoms with E-state index < -0.39 is 0 Å². The van der Waals surface area contributed by atoms with Crippen molar-refractivity contribution in [1.29, 1.82) is 0 Å². The molecular weight excluding hydrogens is 495 g/mol. The van der Waals surface area contributed by atoms with E-state index in [4.69, 9.17) is 9.47 Å². The molecule has 7 nitrogen and oxygen atoms in total. The lowest BCUT2D eigenvalue weighted by molar-refractivity contribution is -0.130. The van der Waals surface area contributed by atoms with E-state index in [1.807, 2.05) is 35.2 Å². The van der Waals surface area contributed by atoms with Gasteiger partial charge in [0.15, 0.2) is 17.5 Å². The molecule has 0 bridgehead atoms. The summed E-state index contributed by atoms with van der Waals surface area (Å²) in [5, 5.41) is 6.31. The minimum Gasteiger partial charge on any atom is -0.490 e. The zero-order valence-corrected chi connectivity index (χ0v) is 19.3. The minimum absolute atomic E-state index is 0. The molecule has 0 aromatic heterocycles. The summed E-state index contributed by atoms with van der Waals surface area (Å²) in [5.41, 5.74) is 3.37. The van der Waals surface area contributed by atoms with Gasteiger partial charge in [-0.1, -0.05) is 24.3 Å². The van der Waals surface area contributed by atoms with Gasteiger partial charge in [-0.3, -0.25) is 9.79 Å². The van der Waals surface area contributed by atoms with E-state index in [9.17, 15) is 4.79 Å². The molecular formula is C22H27IN4O3. The van der Waals surface area contributed by atoms with Crippen LogP contribution in [0.4, 0.5) is 5.69 Å². The molecule has 2 heterocycles. The topological polar surface area (TPSA) is 75.2 Å². The third-order valence-corrected chi connectivity index (χ3v) is 5.12. The van der Waals surface area contributed by atoms with Gasteiger partial charge in [-0.25, -0.2) is 0 Å². The Morgan fingerprint density at radius 3 is 2.67 bits per heavy atom. The van der Waals surface area contributed by atoms with Gasteiger partial charge in [0.05, 0.1) is 19.8 Å². The monoisotopic (exact) mass is 522 g/mol. The summed E-state index contributed by atoms with van der Waals surface area (Å²) in [6.45, 7) is 2.88. The van der Waals surface area contributed by atoms with E-state index in [1.54, 1.807) is 7.05 Å². The number of halogens is 1. The maximum atomic E-state index is 12.7. The van der Waals surface area contributed by atoms with E-state index >= 15 is 0 Å². The first-order valence-electron chi connectivity index (χ1n) is 9.95. The normalized spacial score (nSPS) is 15.4. The smallest absolute Gasteiger partial charge is 0.242 e. The maximum absolute atomic E-state index is 12.7. The van der Waals surface area contributed by atoms with Crippen LogP contribution in [0.3, 0.4) is 0 Å². The van der Waals surface area contributed by atoms with E-state index in [2.05, 4.69) is 27.8 Å². The van der Waals surface area contributed by atoms with Crippen LogP contribution >= 0.6 is 24.0 Å². The maximum Gasteiger partial charge on any atom is 0.242 e. The lowest BCUT2D eigenvalue weighted by Gasteiger charge is -2.29. The predicted molar refractivity (Wildman–Crippen MR) is 128 cm³/mol. The Morgan fingerprint density at radius 2 is 1.87 bits per heavy atom. The largest absolute Gasteiger partial charge is 0.490 e. The third-order valence-electron chi connectivity index (χ3n) is 5.12. The second-order valence-electron chi connectivity index (χ2n) is 7.10. The van der Waals surface area contributed by atoms with Crippen molar-refractivity contribution >= 4 is 41.5 Å². The SMILES string of the molecule is CN=C(NCC(=O)N1CCc2ccccc2C1)Nc1ccc2c(c1)OCCCO2.I. The van der Waals surface area contributed by atoms with Gasteiger partial charge in [0.1, 0.15) is 0 Å². The number of fused-ring (bicyclic) bond motifs is 2. The lowest BCUT2D eigenvalue weighted by Crippen LogP contribution is -2.44. The Morgan fingerprint density at radius 1 is 1.10 bits per heavy atom. The van der Waals surface area contributed by atoms with Crippen LogP contribution in [0.2, 0.25) is 0 Å². The van der Waals surface area contributed by atoms with Gasteiger partial charge in [0.25, 0.3) is 0 Å². The van der Waals surface area contributed by atoms with Crippen LogP contribution in [-0.4, -0.2) is 50.1 Å². The Bertz CT molecular complexity index is 919. The zero-order chi connectivity index (χ0) is 20.1. The second-order valence-corrected chi connectivity index (χ2v) is 7.10. The first kappa shape index (κ1) is 22.2.